The van der Waals surface area contributed by atoms with E-state index < -0.39 is 12.7 Å². The maximum absolute atomic E-state index is 12.2. The molecule has 3 nitrogen and oxygen atoms in total. The molecule has 1 aromatic heterocycles. The number of aromatic nitrogens is 2. The van der Waals surface area contributed by atoms with E-state index in [0.717, 1.165) is 11.2 Å². The van der Waals surface area contributed by atoms with E-state index in [1.54, 1.807) is 6.07 Å². The Morgan fingerprint density at radius 2 is 2.12 bits per heavy atom. The van der Waals surface area contributed by atoms with Gasteiger partial charge in [-0.3, -0.25) is 4.68 Å². The van der Waals surface area contributed by atoms with Crippen molar-refractivity contribution >= 4 is 0 Å². The van der Waals surface area contributed by atoms with Crippen molar-refractivity contribution in [2.75, 3.05) is 6.54 Å². The molecule has 1 heterocycles. The van der Waals surface area contributed by atoms with Crippen LogP contribution in [0.15, 0.2) is 12.3 Å². The average molecular weight is 235 g/mol. The molecule has 0 bridgehead atoms. The summed E-state index contributed by atoms with van der Waals surface area (Å²) < 4.78 is 37.5. The van der Waals surface area contributed by atoms with Crippen LogP contribution in [0.25, 0.3) is 0 Å². The van der Waals surface area contributed by atoms with Gasteiger partial charge in [-0.2, -0.15) is 18.3 Å². The molecule has 0 atom stereocenters. The van der Waals surface area contributed by atoms with Crippen molar-refractivity contribution in [2.24, 2.45) is 5.92 Å². The zero-order valence-electron chi connectivity index (χ0n) is 9.38. The lowest BCUT2D eigenvalue weighted by atomic mass is 10.2. The lowest BCUT2D eigenvalue weighted by Crippen LogP contribution is -2.24. The summed E-state index contributed by atoms with van der Waals surface area (Å²) in [6.07, 6.45) is -2.84. The fraction of sp³-hybridized carbons (Fsp3) is 0.700. The van der Waals surface area contributed by atoms with Crippen LogP contribution in [0, 0.1) is 5.92 Å². The highest BCUT2D eigenvalue weighted by atomic mass is 19.4. The minimum atomic E-state index is -4.22. The van der Waals surface area contributed by atoms with Crippen molar-refractivity contribution in [3.63, 3.8) is 0 Å². The second-order valence-electron chi connectivity index (χ2n) is 4.12. The number of nitrogens with one attached hydrogen (secondary N) is 1. The van der Waals surface area contributed by atoms with E-state index in [1.807, 2.05) is 13.8 Å². The van der Waals surface area contributed by atoms with E-state index in [0.29, 0.717) is 18.2 Å². The Bertz CT molecular complexity index is 317. The van der Waals surface area contributed by atoms with Crippen LogP contribution in [0.4, 0.5) is 13.2 Å². The zero-order chi connectivity index (χ0) is 12.2. The van der Waals surface area contributed by atoms with Crippen molar-refractivity contribution in [2.45, 2.75) is 33.1 Å². The molecule has 1 rings (SSSR count). The molecule has 0 aliphatic heterocycles. The number of halogens is 3. The molecule has 16 heavy (non-hydrogen) atoms. The largest absolute Gasteiger partial charge is 0.408 e. The van der Waals surface area contributed by atoms with Crippen LogP contribution in [0.3, 0.4) is 0 Å². The molecule has 0 aliphatic rings. The Kier molecular flexibility index (Phi) is 4.35. The fourth-order valence-electron chi connectivity index (χ4n) is 1.31. The molecular formula is C10H16F3N3. The summed E-state index contributed by atoms with van der Waals surface area (Å²) in [5.74, 6) is 0.471. The lowest BCUT2D eigenvalue weighted by Gasteiger charge is -2.11. The quantitative estimate of drug-likeness (QED) is 0.847. The van der Waals surface area contributed by atoms with Gasteiger partial charge in [-0.25, -0.2) is 0 Å². The van der Waals surface area contributed by atoms with Gasteiger partial charge in [-0.1, -0.05) is 13.8 Å². The van der Waals surface area contributed by atoms with Gasteiger partial charge in [0.1, 0.15) is 6.54 Å². The Morgan fingerprint density at radius 1 is 1.44 bits per heavy atom. The molecule has 0 fully saturated rings. The first-order valence-corrected chi connectivity index (χ1v) is 5.16. The van der Waals surface area contributed by atoms with Gasteiger partial charge in [0.15, 0.2) is 0 Å². The Morgan fingerprint density at radius 3 is 2.69 bits per heavy atom. The molecule has 92 valence electrons. The summed E-state index contributed by atoms with van der Waals surface area (Å²) in [5, 5.41) is 6.74. The number of rotatable bonds is 5. The van der Waals surface area contributed by atoms with Crippen LogP contribution >= 0.6 is 0 Å². The maximum Gasteiger partial charge on any atom is 0.408 e. The third-order valence-electron chi connectivity index (χ3n) is 1.99. The zero-order valence-corrected chi connectivity index (χ0v) is 9.38. The van der Waals surface area contributed by atoms with Crippen LogP contribution in [0.1, 0.15) is 19.5 Å². The molecule has 1 N–H and O–H groups in total. The van der Waals surface area contributed by atoms with Gasteiger partial charge in [-0.05, 0) is 18.5 Å². The van der Waals surface area contributed by atoms with Crippen LogP contribution in [0.5, 0.6) is 0 Å². The standard InChI is InChI=1S/C10H16F3N3/c1-8(2)5-14-6-9-3-4-15-16(9)7-10(11,12)13/h3-4,8,14H,5-7H2,1-2H3. The van der Waals surface area contributed by atoms with Gasteiger partial charge in [-0.15, -0.1) is 0 Å². The number of nitrogens with zero attached hydrogens (tertiary/aromatic N) is 2. The van der Waals surface area contributed by atoms with Crippen molar-refractivity contribution < 1.29 is 13.2 Å². The Labute approximate surface area is 92.6 Å². The van der Waals surface area contributed by atoms with Crippen molar-refractivity contribution in [1.29, 1.82) is 0 Å². The predicted molar refractivity (Wildman–Crippen MR) is 54.8 cm³/mol. The molecule has 0 saturated carbocycles. The monoisotopic (exact) mass is 235 g/mol. The van der Waals surface area contributed by atoms with Crippen LogP contribution in [0.2, 0.25) is 0 Å². The third kappa shape index (κ3) is 4.65. The second-order valence-corrected chi connectivity index (χ2v) is 4.12. The summed E-state index contributed by atoms with van der Waals surface area (Å²) in [6, 6.07) is 1.60. The molecule has 0 aliphatic carbocycles. The molecule has 0 radical (unpaired) electrons. The predicted octanol–water partition coefficient (Wildman–Crippen LogP) is 2.19. The molecule has 1 aromatic rings. The smallest absolute Gasteiger partial charge is 0.311 e. The minimum Gasteiger partial charge on any atom is -0.311 e. The minimum absolute atomic E-state index is 0.411. The summed E-state index contributed by atoms with van der Waals surface area (Å²) in [5.41, 5.74) is 0.554. The summed E-state index contributed by atoms with van der Waals surface area (Å²) in [7, 11) is 0. The summed E-state index contributed by atoms with van der Waals surface area (Å²) in [6.45, 7) is 4.24. The first-order chi connectivity index (χ1) is 7.38. The summed E-state index contributed by atoms with van der Waals surface area (Å²) in [4.78, 5) is 0. The van der Waals surface area contributed by atoms with Crippen molar-refractivity contribution in [1.82, 2.24) is 15.1 Å². The van der Waals surface area contributed by atoms with Crippen LogP contribution in [-0.4, -0.2) is 22.5 Å². The molecule has 0 aromatic carbocycles. The third-order valence-corrected chi connectivity index (χ3v) is 1.99. The number of hydrogen-bond donors (Lipinski definition) is 1. The second kappa shape index (κ2) is 5.34. The van der Waals surface area contributed by atoms with Crippen LogP contribution < -0.4 is 5.32 Å². The van der Waals surface area contributed by atoms with E-state index >= 15 is 0 Å². The fourth-order valence-corrected chi connectivity index (χ4v) is 1.31. The molecule has 0 spiro atoms. The van der Waals surface area contributed by atoms with Gasteiger partial charge in [0.05, 0.1) is 5.69 Å². The topological polar surface area (TPSA) is 29.9 Å². The highest BCUT2D eigenvalue weighted by molar-refractivity contribution is 5.00. The van der Waals surface area contributed by atoms with Gasteiger partial charge in [0.25, 0.3) is 0 Å². The first kappa shape index (κ1) is 13.0. The van der Waals surface area contributed by atoms with Crippen molar-refractivity contribution in [3.05, 3.63) is 18.0 Å². The van der Waals surface area contributed by atoms with E-state index in [-0.39, 0.29) is 0 Å². The maximum atomic E-state index is 12.2. The highest BCUT2D eigenvalue weighted by Crippen LogP contribution is 2.17. The SMILES string of the molecule is CC(C)CNCc1ccnn1CC(F)(F)F. The van der Waals surface area contributed by atoms with Gasteiger partial charge in [0.2, 0.25) is 0 Å². The number of alkyl halides is 3. The molecule has 6 heteroatoms. The van der Waals surface area contributed by atoms with Gasteiger partial charge in [0, 0.05) is 12.7 Å². The van der Waals surface area contributed by atoms with Crippen LogP contribution in [-0.2, 0) is 13.1 Å². The first-order valence-electron chi connectivity index (χ1n) is 5.16. The normalized spacial score (nSPS) is 12.4. The highest BCUT2D eigenvalue weighted by Gasteiger charge is 2.29. The molecule has 0 unspecified atom stereocenters. The Hall–Kier alpha value is -1.04. The van der Waals surface area contributed by atoms with Crippen molar-refractivity contribution in [3.8, 4) is 0 Å². The van der Waals surface area contributed by atoms with Gasteiger partial charge >= 0.3 is 6.18 Å². The summed E-state index contributed by atoms with van der Waals surface area (Å²) >= 11 is 0. The average Bonchev–Trinajstić information content (AvgIpc) is 2.49. The van der Waals surface area contributed by atoms with E-state index in [1.165, 1.54) is 6.20 Å². The van der Waals surface area contributed by atoms with E-state index in [2.05, 4.69) is 10.4 Å². The molecule has 0 amide bonds. The molecular weight excluding hydrogens is 219 g/mol. The Balaban J connectivity index is 2.51. The lowest BCUT2D eigenvalue weighted by molar-refractivity contribution is -0.143. The van der Waals surface area contributed by atoms with Gasteiger partial charge < -0.3 is 5.32 Å². The van der Waals surface area contributed by atoms with E-state index in [4.69, 9.17) is 0 Å². The number of hydrogen-bond acceptors (Lipinski definition) is 2. The van der Waals surface area contributed by atoms with E-state index in [9.17, 15) is 13.2 Å². The molecule has 0 saturated heterocycles.